The molecule has 2 rings (SSSR count). The molecule has 0 aliphatic carbocycles. The average molecular weight is 221 g/mol. The lowest BCUT2D eigenvalue weighted by Gasteiger charge is -2.25. The summed E-state index contributed by atoms with van der Waals surface area (Å²) in [5.74, 6) is 0.753. The highest BCUT2D eigenvalue weighted by Crippen LogP contribution is 2.16. The summed E-state index contributed by atoms with van der Waals surface area (Å²) in [6.07, 6.45) is 3.58. The fraction of sp³-hybridized carbons (Fsp3) is 0.500. The van der Waals surface area contributed by atoms with Gasteiger partial charge in [0.15, 0.2) is 5.78 Å². The van der Waals surface area contributed by atoms with Gasteiger partial charge in [-0.15, -0.1) is 0 Å². The first-order valence-corrected chi connectivity index (χ1v) is 5.59. The van der Waals surface area contributed by atoms with Crippen molar-refractivity contribution in [3.63, 3.8) is 0 Å². The second-order valence-corrected chi connectivity index (χ2v) is 3.98. The van der Waals surface area contributed by atoms with Crippen molar-refractivity contribution in [2.45, 2.75) is 26.2 Å². The number of aryl methyl sites for hydroxylation is 1. The van der Waals surface area contributed by atoms with Crippen LogP contribution >= 0.6 is 0 Å². The summed E-state index contributed by atoms with van der Waals surface area (Å²) in [6, 6.07) is 1.68. The molecule has 1 saturated heterocycles. The van der Waals surface area contributed by atoms with Crippen LogP contribution in [0, 0.1) is 0 Å². The van der Waals surface area contributed by atoms with E-state index in [1.54, 1.807) is 11.0 Å². The fourth-order valence-corrected chi connectivity index (χ4v) is 1.99. The summed E-state index contributed by atoms with van der Waals surface area (Å²) < 4.78 is 5.22. The molecule has 0 spiro atoms. The van der Waals surface area contributed by atoms with Crippen molar-refractivity contribution in [2.75, 3.05) is 13.1 Å². The molecule has 0 N–H and O–H groups in total. The van der Waals surface area contributed by atoms with Gasteiger partial charge in [-0.1, -0.05) is 6.92 Å². The molecule has 0 aromatic carbocycles. The van der Waals surface area contributed by atoms with Crippen LogP contribution in [0.2, 0.25) is 0 Å². The van der Waals surface area contributed by atoms with Crippen LogP contribution in [0.5, 0.6) is 0 Å². The molecule has 16 heavy (non-hydrogen) atoms. The number of ketones is 1. The third kappa shape index (κ3) is 2.01. The number of carbonyl (C=O) groups is 2. The zero-order valence-electron chi connectivity index (χ0n) is 9.36. The van der Waals surface area contributed by atoms with Crippen molar-refractivity contribution in [1.29, 1.82) is 0 Å². The van der Waals surface area contributed by atoms with Crippen molar-refractivity contribution >= 4 is 11.7 Å². The maximum atomic E-state index is 12.1. The average Bonchev–Trinajstić information content (AvgIpc) is 2.76. The lowest BCUT2D eigenvalue weighted by atomic mass is 10.1. The number of rotatable bonds is 2. The van der Waals surface area contributed by atoms with Gasteiger partial charge in [-0.05, 0) is 12.5 Å². The molecule has 4 heteroatoms. The Hall–Kier alpha value is -1.58. The van der Waals surface area contributed by atoms with Crippen LogP contribution in [-0.4, -0.2) is 29.7 Å². The van der Waals surface area contributed by atoms with Crippen LogP contribution in [0.1, 0.15) is 35.9 Å². The van der Waals surface area contributed by atoms with Crippen LogP contribution < -0.4 is 0 Å². The van der Waals surface area contributed by atoms with Crippen LogP contribution in [0.25, 0.3) is 0 Å². The highest BCUT2D eigenvalue weighted by Gasteiger charge is 2.24. The van der Waals surface area contributed by atoms with Gasteiger partial charge in [-0.3, -0.25) is 9.59 Å². The van der Waals surface area contributed by atoms with Gasteiger partial charge in [-0.2, -0.15) is 0 Å². The minimum Gasteiger partial charge on any atom is -0.469 e. The number of hydrogen-bond acceptors (Lipinski definition) is 3. The molecule has 1 fully saturated rings. The van der Waals surface area contributed by atoms with Crippen molar-refractivity contribution in [1.82, 2.24) is 4.90 Å². The summed E-state index contributed by atoms with van der Waals surface area (Å²) in [5, 5.41) is 0. The van der Waals surface area contributed by atoms with Gasteiger partial charge in [0.05, 0.1) is 18.4 Å². The molecule has 1 amide bonds. The minimum absolute atomic E-state index is 0.0846. The Kier molecular flexibility index (Phi) is 3.08. The molecule has 1 aliphatic heterocycles. The summed E-state index contributed by atoms with van der Waals surface area (Å²) in [5.41, 5.74) is 0.595. The lowest BCUT2D eigenvalue weighted by molar-refractivity contribution is -0.121. The van der Waals surface area contributed by atoms with Crippen LogP contribution in [0.15, 0.2) is 16.7 Å². The molecule has 4 nitrogen and oxygen atoms in total. The van der Waals surface area contributed by atoms with Gasteiger partial charge in [-0.25, -0.2) is 0 Å². The molecule has 2 heterocycles. The van der Waals surface area contributed by atoms with E-state index in [1.807, 2.05) is 6.92 Å². The number of nitrogens with zero attached hydrogens (tertiary/aromatic N) is 1. The smallest absolute Gasteiger partial charge is 0.257 e. The zero-order chi connectivity index (χ0) is 11.5. The summed E-state index contributed by atoms with van der Waals surface area (Å²) >= 11 is 0. The van der Waals surface area contributed by atoms with Gasteiger partial charge in [0.25, 0.3) is 5.91 Å². The highest BCUT2D eigenvalue weighted by atomic mass is 16.3. The quantitative estimate of drug-likeness (QED) is 0.763. The van der Waals surface area contributed by atoms with E-state index in [0.29, 0.717) is 30.7 Å². The Morgan fingerprint density at radius 2 is 2.38 bits per heavy atom. The van der Waals surface area contributed by atoms with Crippen molar-refractivity contribution in [3.05, 3.63) is 23.7 Å². The predicted octanol–water partition coefficient (Wildman–Crippen LogP) is 1.65. The molecule has 86 valence electrons. The van der Waals surface area contributed by atoms with Crippen LogP contribution in [0.3, 0.4) is 0 Å². The first-order chi connectivity index (χ1) is 7.72. The molecule has 0 saturated carbocycles. The van der Waals surface area contributed by atoms with Gasteiger partial charge in [0.1, 0.15) is 5.76 Å². The zero-order valence-corrected chi connectivity index (χ0v) is 9.36. The Labute approximate surface area is 94.2 Å². The standard InChI is InChI=1S/C12H15NO3/c1-2-11-10(5-7-16-11)12(15)13-6-3-4-9(14)8-13/h5,7H,2-4,6,8H2,1H3. The molecule has 1 aromatic rings. The number of carbonyl (C=O) groups excluding carboxylic acids is 2. The van der Waals surface area contributed by atoms with E-state index in [0.717, 1.165) is 6.42 Å². The third-order valence-electron chi connectivity index (χ3n) is 2.84. The van der Waals surface area contributed by atoms with Gasteiger partial charge in [0, 0.05) is 19.4 Å². The number of amides is 1. The third-order valence-corrected chi connectivity index (χ3v) is 2.84. The van der Waals surface area contributed by atoms with E-state index < -0.39 is 0 Å². The molecule has 1 aliphatic rings. The molecule has 1 aromatic heterocycles. The molecule has 0 radical (unpaired) electrons. The van der Waals surface area contributed by atoms with Crippen molar-refractivity contribution in [2.24, 2.45) is 0 Å². The Balaban J connectivity index is 2.15. The molecule has 0 atom stereocenters. The van der Waals surface area contributed by atoms with Gasteiger partial charge >= 0.3 is 0 Å². The normalized spacial score (nSPS) is 16.6. The summed E-state index contributed by atoms with van der Waals surface area (Å²) in [7, 11) is 0. The first kappa shape index (κ1) is 10.9. The number of likely N-dealkylation sites (tertiary alicyclic amines) is 1. The van der Waals surface area contributed by atoms with Crippen molar-refractivity contribution < 1.29 is 14.0 Å². The molecule has 0 unspecified atom stereocenters. The molecule has 0 bridgehead atoms. The molecular weight excluding hydrogens is 206 g/mol. The van der Waals surface area contributed by atoms with Gasteiger partial charge < -0.3 is 9.32 Å². The SMILES string of the molecule is CCc1occc1C(=O)N1CCCC(=O)C1. The fourth-order valence-electron chi connectivity index (χ4n) is 1.99. The van der Waals surface area contributed by atoms with E-state index in [4.69, 9.17) is 4.42 Å². The topological polar surface area (TPSA) is 50.5 Å². The number of piperidine rings is 1. The van der Waals surface area contributed by atoms with E-state index in [1.165, 1.54) is 6.26 Å². The second-order valence-electron chi connectivity index (χ2n) is 3.98. The summed E-state index contributed by atoms with van der Waals surface area (Å²) in [4.78, 5) is 25.0. The monoisotopic (exact) mass is 221 g/mol. The maximum Gasteiger partial charge on any atom is 0.257 e. The summed E-state index contributed by atoms with van der Waals surface area (Å²) in [6.45, 7) is 2.85. The van der Waals surface area contributed by atoms with E-state index in [-0.39, 0.29) is 18.2 Å². The number of furan rings is 1. The highest BCUT2D eigenvalue weighted by molar-refractivity contribution is 5.98. The lowest BCUT2D eigenvalue weighted by Crippen LogP contribution is -2.40. The van der Waals surface area contributed by atoms with Gasteiger partial charge in [0.2, 0.25) is 0 Å². The maximum absolute atomic E-state index is 12.1. The number of Topliss-reactive ketones (excluding diaryl/α,β-unsaturated/α-hetero) is 1. The van der Waals surface area contributed by atoms with E-state index in [2.05, 4.69) is 0 Å². The van der Waals surface area contributed by atoms with E-state index in [9.17, 15) is 9.59 Å². The predicted molar refractivity (Wildman–Crippen MR) is 58.2 cm³/mol. The Morgan fingerprint density at radius 1 is 1.56 bits per heavy atom. The Morgan fingerprint density at radius 3 is 3.06 bits per heavy atom. The molecular formula is C12H15NO3. The van der Waals surface area contributed by atoms with Crippen molar-refractivity contribution in [3.8, 4) is 0 Å². The largest absolute Gasteiger partial charge is 0.469 e. The van der Waals surface area contributed by atoms with E-state index >= 15 is 0 Å². The van der Waals surface area contributed by atoms with Crippen LogP contribution in [-0.2, 0) is 11.2 Å². The second kappa shape index (κ2) is 4.51. The number of hydrogen-bond donors (Lipinski definition) is 0. The Bertz CT molecular complexity index is 408. The first-order valence-electron chi connectivity index (χ1n) is 5.59. The van der Waals surface area contributed by atoms with Crippen LogP contribution in [0.4, 0.5) is 0 Å². The minimum atomic E-state index is -0.0846.